The summed E-state index contributed by atoms with van der Waals surface area (Å²) in [4.78, 5) is 11.1. The van der Waals surface area contributed by atoms with Crippen LogP contribution in [0.25, 0.3) is 0 Å². The molecule has 1 saturated carbocycles. The Kier molecular flexibility index (Phi) is 4.60. The SMILES string of the molecule is C=CCc1ccc([C@H]2CC[C@H](C(=O)Cl)CC2)cc1. The van der Waals surface area contributed by atoms with Crippen LogP contribution >= 0.6 is 11.6 Å². The average Bonchev–Trinajstić information content (AvgIpc) is 2.40. The van der Waals surface area contributed by atoms with Crippen LogP contribution in [0.5, 0.6) is 0 Å². The highest BCUT2D eigenvalue weighted by Crippen LogP contribution is 2.36. The molecule has 2 heteroatoms. The second-order valence-electron chi connectivity index (χ2n) is 5.09. The van der Waals surface area contributed by atoms with Gasteiger partial charge in [-0.05, 0) is 60.7 Å². The largest absolute Gasteiger partial charge is 0.281 e. The molecule has 1 aliphatic carbocycles. The predicted molar refractivity (Wildman–Crippen MR) is 75.9 cm³/mol. The first-order valence-electron chi connectivity index (χ1n) is 6.59. The van der Waals surface area contributed by atoms with Gasteiger partial charge in [-0.15, -0.1) is 6.58 Å². The standard InChI is InChI=1S/C16H19ClO/c1-2-3-12-4-6-13(7-5-12)14-8-10-15(11-9-14)16(17)18/h2,4-7,14-15H,1,3,8-11H2/t14-,15-. The Morgan fingerprint density at radius 2 is 1.83 bits per heavy atom. The molecule has 0 spiro atoms. The van der Waals surface area contributed by atoms with Gasteiger partial charge in [0.15, 0.2) is 0 Å². The fraction of sp³-hybridized carbons (Fsp3) is 0.438. The van der Waals surface area contributed by atoms with E-state index in [1.807, 2.05) is 6.08 Å². The van der Waals surface area contributed by atoms with Crippen LogP contribution < -0.4 is 0 Å². The number of allylic oxidation sites excluding steroid dienone is 1. The van der Waals surface area contributed by atoms with Gasteiger partial charge in [-0.1, -0.05) is 30.3 Å². The molecule has 1 nitrogen and oxygen atoms in total. The number of carbonyl (C=O) groups excluding carboxylic acids is 1. The minimum absolute atomic E-state index is 0.0861. The summed E-state index contributed by atoms with van der Waals surface area (Å²) in [5, 5.41) is -0.158. The maximum Gasteiger partial charge on any atom is 0.224 e. The lowest BCUT2D eigenvalue weighted by molar-refractivity contribution is -0.116. The van der Waals surface area contributed by atoms with Crippen molar-refractivity contribution in [2.45, 2.75) is 38.0 Å². The number of hydrogen-bond donors (Lipinski definition) is 0. The van der Waals surface area contributed by atoms with Crippen molar-refractivity contribution in [3.63, 3.8) is 0 Å². The molecule has 0 bridgehead atoms. The molecule has 18 heavy (non-hydrogen) atoms. The zero-order valence-electron chi connectivity index (χ0n) is 10.6. The van der Waals surface area contributed by atoms with Gasteiger partial charge >= 0.3 is 0 Å². The molecule has 2 rings (SSSR count). The second-order valence-corrected chi connectivity index (χ2v) is 5.46. The maximum absolute atomic E-state index is 11.1. The Bertz CT molecular complexity index is 413. The summed E-state index contributed by atoms with van der Waals surface area (Å²) in [5.74, 6) is 0.679. The van der Waals surface area contributed by atoms with Gasteiger partial charge in [-0.3, -0.25) is 4.79 Å². The van der Waals surface area contributed by atoms with Crippen molar-refractivity contribution in [2.75, 3.05) is 0 Å². The van der Waals surface area contributed by atoms with Crippen LogP contribution in [0.1, 0.15) is 42.7 Å². The fourth-order valence-electron chi connectivity index (χ4n) is 2.75. The molecule has 1 aromatic carbocycles. The van der Waals surface area contributed by atoms with Crippen molar-refractivity contribution in [3.05, 3.63) is 48.0 Å². The molecule has 1 aromatic rings. The van der Waals surface area contributed by atoms with E-state index in [2.05, 4.69) is 30.8 Å². The van der Waals surface area contributed by atoms with Crippen LogP contribution in [0, 0.1) is 5.92 Å². The lowest BCUT2D eigenvalue weighted by Crippen LogP contribution is -2.17. The van der Waals surface area contributed by atoms with Crippen LogP contribution in [-0.4, -0.2) is 5.24 Å². The highest BCUT2D eigenvalue weighted by atomic mass is 35.5. The quantitative estimate of drug-likeness (QED) is 0.579. The molecular weight excluding hydrogens is 244 g/mol. The van der Waals surface area contributed by atoms with Crippen molar-refractivity contribution < 1.29 is 4.79 Å². The smallest absolute Gasteiger partial charge is 0.224 e. The Labute approximate surface area is 114 Å². The fourth-order valence-corrected chi connectivity index (χ4v) is 2.96. The predicted octanol–water partition coefficient (Wildman–Crippen LogP) is 4.45. The molecule has 0 aliphatic heterocycles. The highest BCUT2D eigenvalue weighted by molar-refractivity contribution is 6.63. The number of benzene rings is 1. The van der Waals surface area contributed by atoms with E-state index in [0.29, 0.717) is 5.92 Å². The lowest BCUT2D eigenvalue weighted by atomic mass is 9.79. The van der Waals surface area contributed by atoms with E-state index in [9.17, 15) is 4.79 Å². The number of halogens is 1. The van der Waals surface area contributed by atoms with Crippen molar-refractivity contribution >= 4 is 16.8 Å². The lowest BCUT2D eigenvalue weighted by Gasteiger charge is -2.26. The summed E-state index contributed by atoms with van der Waals surface area (Å²) in [7, 11) is 0. The summed E-state index contributed by atoms with van der Waals surface area (Å²) in [6.45, 7) is 3.75. The minimum atomic E-state index is -0.158. The Balaban J connectivity index is 1.96. The van der Waals surface area contributed by atoms with Gasteiger partial charge in [0.2, 0.25) is 5.24 Å². The molecule has 0 aromatic heterocycles. The molecule has 0 radical (unpaired) electrons. The first kappa shape index (κ1) is 13.4. The topological polar surface area (TPSA) is 17.1 Å². The van der Waals surface area contributed by atoms with Gasteiger partial charge in [-0.2, -0.15) is 0 Å². The van der Waals surface area contributed by atoms with Crippen LogP contribution in [0.4, 0.5) is 0 Å². The Morgan fingerprint density at radius 3 is 2.33 bits per heavy atom. The molecule has 1 fully saturated rings. The molecule has 0 heterocycles. The molecule has 96 valence electrons. The monoisotopic (exact) mass is 262 g/mol. The van der Waals surface area contributed by atoms with Crippen molar-refractivity contribution in [3.8, 4) is 0 Å². The zero-order chi connectivity index (χ0) is 13.0. The van der Waals surface area contributed by atoms with Crippen molar-refractivity contribution in [1.29, 1.82) is 0 Å². The third-order valence-corrected chi connectivity index (χ3v) is 4.19. The van der Waals surface area contributed by atoms with Gasteiger partial charge in [0.1, 0.15) is 0 Å². The van der Waals surface area contributed by atoms with E-state index in [1.165, 1.54) is 11.1 Å². The molecule has 0 amide bonds. The molecule has 0 atom stereocenters. The van der Waals surface area contributed by atoms with E-state index in [1.54, 1.807) is 0 Å². The second kappa shape index (κ2) is 6.19. The average molecular weight is 263 g/mol. The van der Waals surface area contributed by atoms with Crippen LogP contribution in [0.15, 0.2) is 36.9 Å². The van der Waals surface area contributed by atoms with Gasteiger partial charge in [-0.25, -0.2) is 0 Å². The Hall–Kier alpha value is -1.08. The minimum Gasteiger partial charge on any atom is -0.281 e. The molecular formula is C16H19ClO. The summed E-state index contributed by atoms with van der Waals surface area (Å²) < 4.78 is 0. The van der Waals surface area contributed by atoms with Gasteiger partial charge in [0.25, 0.3) is 0 Å². The zero-order valence-corrected chi connectivity index (χ0v) is 11.3. The van der Waals surface area contributed by atoms with Crippen LogP contribution in [-0.2, 0) is 11.2 Å². The van der Waals surface area contributed by atoms with E-state index in [-0.39, 0.29) is 11.2 Å². The number of hydrogen-bond acceptors (Lipinski definition) is 1. The maximum atomic E-state index is 11.1. The van der Waals surface area contributed by atoms with E-state index in [0.717, 1.165) is 32.1 Å². The van der Waals surface area contributed by atoms with E-state index in [4.69, 9.17) is 11.6 Å². The molecule has 0 unspecified atom stereocenters. The van der Waals surface area contributed by atoms with Crippen LogP contribution in [0.2, 0.25) is 0 Å². The molecule has 1 aliphatic rings. The third-order valence-electron chi connectivity index (χ3n) is 3.88. The third kappa shape index (κ3) is 3.23. The first-order chi connectivity index (χ1) is 8.70. The highest BCUT2D eigenvalue weighted by Gasteiger charge is 2.25. The number of rotatable bonds is 4. The summed E-state index contributed by atoms with van der Waals surface area (Å²) in [5.41, 5.74) is 2.70. The van der Waals surface area contributed by atoms with Crippen molar-refractivity contribution in [2.24, 2.45) is 5.92 Å². The first-order valence-corrected chi connectivity index (χ1v) is 6.97. The summed E-state index contributed by atoms with van der Waals surface area (Å²) >= 11 is 5.56. The van der Waals surface area contributed by atoms with Crippen molar-refractivity contribution in [1.82, 2.24) is 0 Å². The van der Waals surface area contributed by atoms with E-state index >= 15 is 0 Å². The van der Waals surface area contributed by atoms with Crippen LogP contribution in [0.3, 0.4) is 0 Å². The summed E-state index contributed by atoms with van der Waals surface area (Å²) in [6, 6.07) is 8.78. The van der Waals surface area contributed by atoms with E-state index < -0.39 is 0 Å². The van der Waals surface area contributed by atoms with Gasteiger partial charge < -0.3 is 0 Å². The summed E-state index contributed by atoms with van der Waals surface area (Å²) in [6.07, 6.45) is 6.86. The Morgan fingerprint density at radius 1 is 1.22 bits per heavy atom. The number of carbonyl (C=O) groups is 1. The molecule has 0 saturated heterocycles. The van der Waals surface area contributed by atoms with Gasteiger partial charge in [0.05, 0.1) is 0 Å². The normalized spacial score (nSPS) is 23.6. The van der Waals surface area contributed by atoms with Gasteiger partial charge in [0, 0.05) is 5.92 Å². The molecule has 0 N–H and O–H groups in total.